The predicted octanol–water partition coefficient (Wildman–Crippen LogP) is -1.15. The van der Waals surface area contributed by atoms with Gasteiger partial charge in [-0.2, -0.15) is 0 Å². The van der Waals surface area contributed by atoms with Gasteiger partial charge in [0.25, 0.3) is 0 Å². The lowest BCUT2D eigenvalue weighted by molar-refractivity contribution is -0.158. The van der Waals surface area contributed by atoms with Gasteiger partial charge in [0.15, 0.2) is 5.79 Å². The number of hydrogen-bond donors (Lipinski definition) is 3. The van der Waals surface area contributed by atoms with Crippen LogP contribution < -0.4 is 0 Å². The van der Waals surface area contributed by atoms with Crippen molar-refractivity contribution in [1.82, 2.24) is 0 Å². The number of aliphatic hydroxyl groups excluding tert-OH is 3. The molecule has 0 aromatic heterocycles. The van der Waals surface area contributed by atoms with Crippen molar-refractivity contribution < 1.29 is 24.8 Å². The molecule has 3 unspecified atom stereocenters. The lowest BCUT2D eigenvalue weighted by Gasteiger charge is -2.19. The second-order valence-corrected chi connectivity index (χ2v) is 3.57. The van der Waals surface area contributed by atoms with Crippen LogP contribution in [0.1, 0.15) is 13.8 Å². The second kappa shape index (κ2) is 3.89. The van der Waals surface area contributed by atoms with Crippen LogP contribution in [0.2, 0.25) is 0 Å². The quantitative estimate of drug-likeness (QED) is 0.526. The van der Waals surface area contributed by atoms with Crippen LogP contribution in [-0.4, -0.2) is 52.6 Å². The van der Waals surface area contributed by atoms with E-state index in [4.69, 9.17) is 19.7 Å². The highest BCUT2D eigenvalue weighted by atomic mass is 16.8. The highest BCUT2D eigenvalue weighted by Crippen LogP contribution is 2.29. The van der Waals surface area contributed by atoms with Gasteiger partial charge in [0.05, 0.1) is 13.2 Å². The van der Waals surface area contributed by atoms with Gasteiger partial charge in [0.1, 0.15) is 18.3 Å². The molecular weight excluding hydrogens is 176 g/mol. The third-order valence-corrected chi connectivity index (χ3v) is 1.97. The Balaban J connectivity index is 2.63. The summed E-state index contributed by atoms with van der Waals surface area (Å²) in [7, 11) is 0. The first-order valence-electron chi connectivity index (χ1n) is 4.25. The maximum atomic E-state index is 9.33. The average molecular weight is 192 g/mol. The summed E-state index contributed by atoms with van der Waals surface area (Å²) >= 11 is 0. The summed E-state index contributed by atoms with van der Waals surface area (Å²) in [5.41, 5.74) is 0. The minimum atomic E-state index is -1.01. The molecule has 1 heterocycles. The summed E-state index contributed by atoms with van der Waals surface area (Å²) in [6, 6.07) is 0. The molecular formula is C8H16O5. The van der Waals surface area contributed by atoms with Gasteiger partial charge in [-0.1, -0.05) is 0 Å². The van der Waals surface area contributed by atoms with Crippen LogP contribution in [0, 0.1) is 0 Å². The zero-order valence-corrected chi connectivity index (χ0v) is 7.80. The number of aliphatic hydroxyl groups is 3. The van der Waals surface area contributed by atoms with E-state index in [2.05, 4.69) is 0 Å². The highest BCUT2D eigenvalue weighted by molar-refractivity contribution is 4.85. The van der Waals surface area contributed by atoms with Crippen molar-refractivity contribution >= 4 is 0 Å². The van der Waals surface area contributed by atoms with Crippen LogP contribution >= 0.6 is 0 Å². The van der Waals surface area contributed by atoms with E-state index in [1.165, 1.54) is 0 Å². The molecule has 1 fully saturated rings. The molecule has 3 N–H and O–H groups in total. The van der Waals surface area contributed by atoms with Gasteiger partial charge in [-0.25, -0.2) is 0 Å². The largest absolute Gasteiger partial charge is 0.394 e. The Morgan fingerprint density at radius 2 is 1.92 bits per heavy atom. The van der Waals surface area contributed by atoms with Gasteiger partial charge < -0.3 is 24.8 Å². The summed E-state index contributed by atoms with van der Waals surface area (Å²) in [5.74, 6) is -0.811. The van der Waals surface area contributed by atoms with E-state index in [-0.39, 0.29) is 6.61 Å². The van der Waals surface area contributed by atoms with E-state index in [0.29, 0.717) is 0 Å². The van der Waals surface area contributed by atoms with Gasteiger partial charge in [0.2, 0.25) is 0 Å². The van der Waals surface area contributed by atoms with Gasteiger partial charge in [-0.3, -0.25) is 0 Å². The molecule has 0 radical (unpaired) electrons. The minimum Gasteiger partial charge on any atom is -0.394 e. The lowest BCUT2D eigenvalue weighted by atomic mass is 10.1. The van der Waals surface area contributed by atoms with Crippen molar-refractivity contribution in [2.75, 3.05) is 13.2 Å². The summed E-state index contributed by atoms with van der Waals surface area (Å²) < 4.78 is 10.6. The van der Waals surface area contributed by atoms with Crippen molar-refractivity contribution in [2.24, 2.45) is 0 Å². The maximum Gasteiger partial charge on any atom is 0.164 e. The smallest absolute Gasteiger partial charge is 0.164 e. The van der Waals surface area contributed by atoms with E-state index >= 15 is 0 Å². The molecule has 5 heteroatoms. The number of rotatable bonds is 3. The zero-order valence-electron chi connectivity index (χ0n) is 7.80. The molecule has 0 saturated carbocycles. The first-order valence-corrected chi connectivity index (χ1v) is 4.25. The van der Waals surface area contributed by atoms with Gasteiger partial charge in [-0.15, -0.1) is 0 Å². The van der Waals surface area contributed by atoms with Crippen molar-refractivity contribution in [3.63, 3.8) is 0 Å². The molecule has 1 rings (SSSR count). The molecule has 0 aliphatic carbocycles. The Bertz CT molecular complexity index is 170. The Morgan fingerprint density at radius 3 is 2.38 bits per heavy atom. The fraction of sp³-hybridized carbons (Fsp3) is 1.00. The number of ether oxygens (including phenoxy) is 2. The van der Waals surface area contributed by atoms with Crippen molar-refractivity contribution in [3.8, 4) is 0 Å². The normalized spacial score (nSPS) is 34.8. The maximum absolute atomic E-state index is 9.33. The van der Waals surface area contributed by atoms with Crippen molar-refractivity contribution in [2.45, 2.75) is 37.9 Å². The monoisotopic (exact) mass is 192 g/mol. The zero-order chi connectivity index (χ0) is 10.1. The second-order valence-electron chi connectivity index (χ2n) is 3.57. The molecule has 0 bridgehead atoms. The first kappa shape index (κ1) is 10.9. The molecule has 5 nitrogen and oxygen atoms in total. The van der Waals surface area contributed by atoms with Gasteiger partial charge in [0, 0.05) is 0 Å². The van der Waals surface area contributed by atoms with E-state index in [0.717, 1.165) is 0 Å². The van der Waals surface area contributed by atoms with E-state index in [9.17, 15) is 5.11 Å². The van der Waals surface area contributed by atoms with Crippen molar-refractivity contribution in [3.05, 3.63) is 0 Å². The van der Waals surface area contributed by atoms with Crippen LogP contribution in [-0.2, 0) is 9.47 Å². The molecule has 0 aromatic carbocycles. The lowest BCUT2D eigenvalue weighted by Crippen LogP contribution is -2.39. The van der Waals surface area contributed by atoms with Gasteiger partial charge in [-0.05, 0) is 13.8 Å². The molecule has 3 atom stereocenters. The van der Waals surface area contributed by atoms with Gasteiger partial charge >= 0.3 is 0 Å². The number of hydrogen-bond acceptors (Lipinski definition) is 5. The molecule has 0 spiro atoms. The summed E-state index contributed by atoms with van der Waals surface area (Å²) in [4.78, 5) is 0. The van der Waals surface area contributed by atoms with Crippen molar-refractivity contribution in [1.29, 1.82) is 0 Å². The fourth-order valence-corrected chi connectivity index (χ4v) is 1.43. The summed E-state index contributed by atoms with van der Waals surface area (Å²) in [6.45, 7) is 2.76. The standard InChI is InChI=1S/C8H16O5/c1-8(2)12-6(4-10)7(13-8)5(11)3-9/h5-7,9-11H,3-4H2,1-2H3. The summed E-state index contributed by atoms with van der Waals surface area (Å²) in [5, 5.41) is 27.0. The highest BCUT2D eigenvalue weighted by Gasteiger charge is 2.44. The predicted molar refractivity (Wildman–Crippen MR) is 44.0 cm³/mol. The van der Waals surface area contributed by atoms with Crippen LogP contribution in [0.15, 0.2) is 0 Å². The Labute approximate surface area is 76.9 Å². The molecule has 78 valence electrons. The van der Waals surface area contributed by atoms with E-state index < -0.39 is 30.7 Å². The molecule has 1 aliphatic heterocycles. The summed E-state index contributed by atoms with van der Waals surface area (Å²) in [6.07, 6.45) is -2.25. The molecule has 1 saturated heterocycles. The van der Waals surface area contributed by atoms with Crippen LogP contribution in [0.3, 0.4) is 0 Å². The molecule has 1 aliphatic rings. The minimum absolute atomic E-state index is 0.231. The third kappa shape index (κ3) is 2.38. The third-order valence-electron chi connectivity index (χ3n) is 1.97. The Hall–Kier alpha value is -0.200. The SMILES string of the molecule is CC1(C)OC(CO)C(C(O)CO)O1. The molecule has 0 amide bonds. The molecule has 13 heavy (non-hydrogen) atoms. The molecule has 0 aromatic rings. The average Bonchev–Trinajstić information content (AvgIpc) is 2.39. The van der Waals surface area contributed by atoms with Crippen LogP contribution in [0.25, 0.3) is 0 Å². The fourth-order valence-electron chi connectivity index (χ4n) is 1.43. The van der Waals surface area contributed by atoms with E-state index in [1.807, 2.05) is 0 Å². The van der Waals surface area contributed by atoms with Crippen LogP contribution in [0.4, 0.5) is 0 Å². The topological polar surface area (TPSA) is 79.2 Å². The first-order chi connectivity index (χ1) is 6.00. The van der Waals surface area contributed by atoms with E-state index in [1.54, 1.807) is 13.8 Å². The van der Waals surface area contributed by atoms with Crippen LogP contribution in [0.5, 0.6) is 0 Å². The Morgan fingerprint density at radius 1 is 1.31 bits per heavy atom. The Kier molecular flexibility index (Phi) is 3.26.